The summed E-state index contributed by atoms with van der Waals surface area (Å²) >= 11 is 0. The molecule has 0 aliphatic rings. The van der Waals surface area contributed by atoms with Crippen LogP contribution in [0.1, 0.15) is 25.0 Å². The van der Waals surface area contributed by atoms with Crippen molar-refractivity contribution in [1.29, 1.82) is 0 Å². The van der Waals surface area contributed by atoms with Gasteiger partial charge in [-0.05, 0) is 64.2 Å². The second-order valence-electron chi connectivity index (χ2n) is 8.33. The molecule has 0 bridgehead atoms. The van der Waals surface area contributed by atoms with Crippen LogP contribution in [0.2, 0.25) is 0 Å². The van der Waals surface area contributed by atoms with Crippen molar-refractivity contribution in [2.75, 3.05) is 48.0 Å². The molecular formula is C27H34N2O5. The maximum Gasteiger partial charge on any atom is 0.244 e. The Morgan fingerprint density at radius 1 is 1.15 bits per heavy atom. The topological polar surface area (TPSA) is 73.2 Å². The first-order chi connectivity index (χ1) is 16.3. The number of aryl methyl sites for hydroxylation is 1. The van der Waals surface area contributed by atoms with Crippen LogP contribution in [0.25, 0.3) is 27.7 Å². The van der Waals surface area contributed by atoms with Crippen LogP contribution in [-0.4, -0.2) is 58.8 Å². The maximum atomic E-state index is 12.5. The number of fused-ring (bicyclic) bond motifs is 1. The van der Waals surface area contributed by atoms with Gasteiger partial charge in [0, 0.05) is 41.2 Å². The SMILES string of the molecule is CCOc1c(/C(C)=C/C(=O)NCCN(C)C)cc2c(-c3ccc(OC)c(OC)c3)coc2c1C. The number of ether oxygens (including phenoxy) is 3. The molecule has 7 nitrogen and oxygen atoms in total. The lowest BCUT2D eigenvalue weighted by molar-refractivity contribution is -0.116. The average Bonchev–Trinajstić information content (AvgIpc) is 3.24. The predicted molar refractivity (Wildman–Crippen MR) is 136 cm³/mol. The average molecular weight is 467 g/mol. The smallest absolute Gasteiger partial charge is 0.244 e. The van der Waals surface area contributed by atoms with E-state index in [-0.39, 0.29) is 5.91 Å². The van der Waals surface area contributed by atoms with Gasteiger partial charge in [-0.1, -0.05) is 6.07 Å². The highest BCUT2D eigenvalue weighted by Gasteiger charge is 2.20. The van der Waals surface area contributed by atoms with Crippen LogP contribution in [-0.2, 0) is 4.79 Å². The molecule has 182 valence electrons. The molecule has 0 radical (unpaired) electrons. The Morgan fingerprint density at radius 3 is 2.53 bits per heavy atom. The Morgan fingerprint density at radius 2 is 1.88 bits per heavy atom. The summed E-state index contributed by atoms with van der Waals surface area (Å²) in [5.74, 6) is 1.89. The number of furan rings is 1. The second kappa shape index (κ2) is 11.1. The molecule has 0 saturated heterocycles. The van der Waals surface area contributed by atoms with E-state index < -0.39 is 0 Å². The molecule has 3 rings (SSSR count). The lowest BCUT2D eigenvalue weighted by atomic mass is 9.96. The monoisotopic (exact) mass is 466 g/mol. The highest BCUT2D eigenvalue weighted by atomic mass is 16.5. The summed E-state index contributed by atoms with van der Waals surface area (Å²) < 4.78 is 22.8. The van der Waals surface area contributed by atoms with Gasteiger partial charge in [-0.3, -0.25) is 4.79 Å². The van der Waals surface area contributed by atoms with E-state index in [0.717, 1.165) is 51.1 Å². The minimum absolute atomic E-state index is 0.133. The van der Waals surface area contributed by atoms with Gasteiger partial charge in [0.1, 0.15) is 11.3 Å². The Balaban J connectivity index is 2.09. The van der Waals surface area contributed by atoms with Crippen LogP contribution in [0, 0.1) is 6.92 Å². The number of nitrogens with one attached hydrogen (secondary N) is 1. The zero-order chi connectivity index (χ0) is 24.8. The van der Waals surface area contributed by atoms with Crippen LogP contribution in [0.5, 0.6) is 17.2 Å². The van der Waals surface area contributed by atoms with Gasteiger partial charge in [0.25, 0.3) is 0 Å². The number of rotatable bonds is 10. The van der Waals surface area contributed by atoms with Gasteiger partial charge in [-0.2, -0.15) is 0 Å². The van der Waals surface area contributed by atoms with Crippen molar-refractivity contribution in [2.45, 2.75) is 20.8 Å². The highest BCUT2D eigenvalue weighted by Crippen LogP contribution is 2.42. The lowest BCUT2D eigenvalue weighted by Crippen LogP contribution is -2.30. The van der Waals surface area contributed by atoms with Crippen molar-refractivity contribution in [3.8, 4) is 28.4 Å². The van der Waals surface area contributed by atoms with Gasteiger partial charge in [0.15, 0.2) is 11.5 Å². The molecule has 0 saturated carbocycles. The van der Waals surface area contributed by atoms with Gasteiger partial charge in [0.05, 0.1) is 27.1 Å². The normalized spacial score (nSPS) is 11.7. The van der Waals surface area contributed by atoms with Crippen LogP contribution < -0.4 is 19.5 Å². The predicted octanol–water partition coefficient (Wildman–Crippen LogP) is 4.91. The third-order valence-electron chi connectivity index (χ3n) is 5.66. The first kappa shape index (κ1) is 25.2. The quantitative estimate of drug-likeness (QED) is 0.428. The molecule has 0 atom stereocenters. The number of allylic oxidation sites excluding steroid dienone is 1. The Labute approximate surface area is 201 Å². The fraction of sp³-hybridized carbons (Fsp3) is 0.370. The van der Waals surface area contributed by atoms with Crippen LogP contribution in [0.4, 0.5) is 0 Å². The van der Waals surface area contributed by atoms with E-state index in [1.54, 1.807) is 26.6 Å². The summed E-state index contributed by atoms with van der Waals surface area (Å²) in [6.07, 6.45) is 3.36. The van der Waals surface area contributed by atoms with E-state index in [2.05, 4.69) is 5.32 Å². The molecule has 0 fully saturated rings. The van der Waals surface area contributed by atoms with Crippen LogP contribution in [0.3, 0.4) is 0 Å². The molecule has 7 heteroatoms. The summed E-state index contributed by atoms with van der Waals surface area (Å²) in [5, 5.41) is 3.87. The molecule has 0 unspecified atom stereocenters. The molecule has 0 spiro atoms. The molecule has 1 amide bonds. The first-order valence-corrected chi connectivity index (χ1v) is 11.3. The molecule has 0 aliphatic carbocycles. The molecule has 2 aromatic carbocycles. The van der Waals surface area contributed by atoms with E-state index in [1.807, 2.05) is 64.0 Å². The maximum absolute atomic E-state index is 12.5. The number of nitrogens with zero attached hydrogens (tertiary/aromatic N) is 1. The molecule has 1 aromatic heterocycles. The summed E-state index contributed by atoms with van der Waals surface area (Å²) in [6.45, 7) is 7.70. The minimum Gasteiger partial charge on any atom is -0.493 e. The fourth-order valence-corrected chi connectivity index (χ4v) is 3.89. The Kier molecular flexibility index (Phi) is 8.23. The summed E-state index contributed by atoms with van der Waals surface area (Å²) in [6, 6.07) is 7.80. The van der Waals surface area contributed by atoms with Gasteiger partial charge < -0.3 is 28.8 Å². The van der Waals surface area contributed by atoms with Crippen molar-refractivity contribution >= 4 is 22.4 Å². The molecule has 1 heterocycles. The highest BCUT2D eigenvalue weighted by molar-refractivity contribution is 6.01. The van der Waals surface area contributed by atoms with E-state index in [4.69, 9.17) is 18.6 Å². The molecule has 0 aliphatic heterocycles. The van der Waals surface area contributed by atoms with Crippen molar-refractivity contribution in [3.63, 3.8) is 0 Å². The van der Waals surface area contributed by atoms with Gasteiger partial charge in [0.2, 0.25) is 5.91 Å². The standard InChI is InChI=1S/C27H34N2O5/c1-8-33-26-18(3)27-21(15-20(26)17(2)13-25(30)28-11-12-29(4)5)22(16-34-27)19-9-10-23(31-6)24(14-19)32-7/h9-10,13-16H,8,11-12H2,1-7H3,(H,28,30)/b17-13+. The minimum atomic E-state index is -0.133. The third kappa shape index (κ3) is 5.37. The Bertz CT molecular complexity index is 1190. The fourth-order valence-electron chi connectivity index (χ4n) is 3.89. The summed E-state index contributed by atoms with van der Waals surface area (Å²) in [7, 11) is 7.17. The first-order valence-electron chi connectivity index (χ1n) is 11.3. The number of methoxy groups -OCH3 is 2. The van der Waals surface area contributed by atoms with E-state index in [9.17, 15) is 4.79 Å². The number of carbonyl (C=O) groups is 1. The van der Waals surface area contributed by atoms with E-state index in [1.165, 1.54) is 0 Å². The van der Waals surface area contributed by atoms with Crippen molar-refractivity contribution < 1.29 is 23.4 Å². The lowest BCUT2D eigenvalue weighted by Gasteiger charge is -2.15. The van der Waals surface area contributed by atoms with Gasteiger partial charge >= 0.3 is 0 Å². The van der Waals surface area contributed by atoms with Crippen molar-refractivity contribution in [1.82, 2.24) is 10.2 Å². The van der Waals surface area contributed by atoms with Crippen molar-refractivity contribution in [3.05, 3.63) is 47.7 Å². The number of hydrogen-bond donors (Lipinski definition) is 1. The van der Waals surface area contributed by atoms with Gasteiger partial charge in [-0.25, -0.2) is 0 Å². The Hall–Kier alpha value is -3.45. The summed E-state index contributed by atoms with van der Waals surface area (Å²) in [5.41, 5.74) is 5.18. The number of benzene rings is 2. The number of hydrogen-bond acceptors (Lipinski definition) is 6. The number of amides is 1. The number of likely N-dealkylation sites (N-methyl/N-ethyl adjacent to an activating group) is 1. The van der Waals surface area contributed by atoms with Crippen LogP contribution in [0.15, 0.2) is 41.0 Å². The molecule has 34 heavy (non-hydrogen) atoms. The zero-order valence-electron chi connectivity index (χ0n) is 21.1. The molecular weight excluding hydrogens is 432 g/mol. The third-order valence-corrected chi connectivity index (χ3v) is 5.66. The second-order valence-corrected chi connectivity index (χ2v) is 8.33. The largest absolute Gasteiger partial charge is 0.493 e. The molecule has 1 N–H and O–H groups in total. The van der Waals surface area contributed by atoms with E-state index >= 15 is 0 Å². The van der Waals surface area contributed by atoms with E-state index in [0.29, 0.717) is 24.7 Å². The molecule has 3 aromatic rings. The van der Waals surface area contributed by atoms with Gasteiger partial charge in [-0.15, -0.1) is 0 Å². The summed E-state index contributed by atoms with van der Waals surface area (Å²) in [4.78, 5) is 14.5. The van der Waals surface area contributed by atoms with Crippen molar-refractivity contribution in [2.24, 2.45) is 0 Å². The number of carbonyl (C=O) groups excluding carboxylic acids is 1. The van der Waals surface area contributed by atoms with Crippen LogP contribution >= 0.6 is 0 Å². The zero-order valence-corrected chi connectivity index (χ0v) is 21.1.